The summed E-state index contributed by atoms with van der Waals surface area (Å²) >= 11 is 5.23. The van der Waals surface area contributed by atoms with Crippen LogP contribution >= 0.6 is 27.3 Å². The predicted molar refractivity (Wildman–Crippen MR) is 66.2 cm³/mol. The van der Waals surface area contributed by atoms with Crippen molar-refractivity contribution in [2.45, 2.75) is 12.5 Å². The summed E-state index contributed by atoms with van der Waals surface area (Å²) in [5.74, 6) is 1.01. The molecule has 0 saturated heterocycles. The molecule has 1 unspecified atom stereocenters. The molecular formula is C11H12BrNOS. The van der Waals surface area contributed by atoms with Crippen molar-refractivity contribution in [1.29, 1.82) is 0 Å². The van der Waals surface area contributed by atoms with Crippen molar-refractivity contribution >= 4 is 27.3 Å². The highest BCUT2D eigenvalue weighted by atomic mass is 79.9. The van der Waals surface area contributed by atoms with Crippen LogP contribution in [0, 0.1) is 0 Å². The van der Waals surface area contributed by atoms with Crippen molar-refractivity contribution in [3.8, 4) is 0 Å². The van der Waals surface area contributed by atoms with Gasteiger partial charge in [-0.05, 0) is 47.2 Å². The Balaban J connectivity index is 2.11. The van der Waals surface area contributed by atoms with Crippen molar-refractivity contribution in [3.05, 3.63) is 45.0 Å². The van der Waals surface area contributed by atoms with Crippen LogP contribution in [-0.4, -0.2) is 7.05 Å². The average Bonchev–Trinajstić information content (AvgIpc) is 2.85. The lowest BCUT2D eigenvalue weighted by molar-refractivity contribution is 0.469. The van der Waals surface area contributed by atoms with Crippen molar-refractivity contribution in [1.82, 2.24) is 5.32 Å². The summed E-state index contributed by atoms with van der Waals surface area (Å²) in [6, 6.07) is 8.47. The summed E-state index contributed by atoms with van der Waals surface area (Å²) in [4.78, 5) is 1.32. The van der Waals surface area contributed by atoms with Crippen LogP contribution in [0.3, 0.4) is 0 Å². The molecule has 0 bridgehead atoms. The molecule has 2 aromatic heterocycles. The maximum absolute atomic E-state index is 5.35. The molecule has 1 N–H and O–H groups in total. The molecule has 4 heteroatoms. The van der Waals surface area contributed by atoms with Gasteiger partial charge in [0.15, 0.2) is 0 Å². The van der Waals surface area contributed by atoms with Crippen molar-refractivity contribution in [2.75, 3.05) is 7.05 Å². The van der Waals surface area contributed by atoms with E-state index in [1.807, 2.05) is 19.2 Å². The third kappa shape index (κ3) is 2.71. The second kappa shape index (κ2) is 4.96. The smallest absolute Gasteiger partial charge is 0.105 e. The fraction of sp³-hybridized carbons (Fsp3) is 0.273. The van der Waals surface area contributed by atoms with Gasteiger partial charge >= 0.3 is 0 Å². The molecule has 2 nitrogen and oxygen atoms in total. The fourth-order valence-corrected chi connectivity index (χ4v) is 3.02. The molecule has 0 aliphatic heterocycles. The number of thiophene rings is 1. The molecule has 2 rings (SSSR count). The Bertz CT molecular complexity index is 410. The SMILES string of the molecule is CNC(Cc1ccco1)c1ccc(Br)s1. The van der Waals surface area contributed by atoms with Gasteiger partial charge in [-0.2, -0.15) is 0 Å². The van der Waals surface area contributed by atoms with Gasteiger partial charge in [0.05, 0.1) is 10.0 Å². The van der Waals surface area contributed by atoms with E-state index >= 15 is 0 Å². The van der Waals surface area contributed by atoms with E-state index in [-0.39, 0.29) is 0 Å². The Morgan fingerprint density at radius 1 is 1.47 bits per heavy atom. The first-order valence-corrected chi connectivity index (χ1v) is 6.35. The fourth-order valence-electron chi connectivity index (χ4n) is 1.49. The zero-order valence-electron chi connectivity index (χ0n) is 8.37. The molecule has 0 fully saturated rings. The number of halogens is 1. The van der Waals surface area contributed by atoms with Crippen molar-refractivity contribution in [3.63, 3.8) is 0 Å². The summed E-state index contributed by atoms with van der Waals surface area (Å²) in [6.45, 7) is 0. The second-order valence-electron chi connectivity index (χ2n) is 3.27. The molecule has 0 aliphatic carbocycles. The van der Waals surface area contributed by atoms with Gasteiger partial charge in [0.1, 0.15) is 5.76 Å². The van der Waals surface area contributed by atoms with Crippen LogP contribution in [0.2, 0.25) is 0 Å². The van der Waals surface area contributed by atoms with Gasteiger partial charge in [0, 0.05) is 17.3 Å². The lowest BCUT2D eigenvalue weighted by Gasteiger charge is -2.12. The number of hydrogen-bond donors (Lipinski definition) is 1. The second-order valence-corrected chi connectivity index (χ2v) is 5.76. The minimum absolute atomic E-state index is 0.326. The quantitative estimate of drug-likeness (QED) is 0.929. The van der Waals surface area contributed by atoms with Gasteiger partial charge in [-0.3, -0.25) is 0 Å². The first-order chi connectivity index (χ1) is 7.29. The lowest BCUT2D eigenvalue weighted by atomic mass is 10.1. The topological polar surface area (TPSA) is 25.2 Å². The van der Waals surface area contributed by atoms with Gasteiger partial charge in [-0.25, -0.2) is 0 Å². The van der Waals surface area contributed by atoms with Crippen LogP contribution in [0.1, 0.15) is 16.7 Å². The van der Waals surface area contributed by atoms with Gasteiger partial charge < -0.3 is 9.73 Å². The summed E-state index contributed by atoms with van der Waals surface area (Å²) in [5.41, 5.74) is 0. The first-order valence-electron chi connectivity index (χ1n) is 4.74. The van der Waals surface area contributed by atoms with Crippen LogP contribution < -0.4 is 5.32 Å². The number of hydrogen-bond acceptors (Lipinski definition) is 3. The maximum atomic E-state index is 5.35. The average molecular weight is 286 g/mol. The van der Waals surface area contributed by atoms with Crippen LogP contribution in [0.4, 0.5) is 0 Å². The van der Waals surface area contributed by atoms with Crippen molar-refractivity contribution in [2.24, 2.45) is 0 Å². The van der Waals surface area contributed by atoms with Gasteiger partial charge in [-0.1, -0.05) is 0 Å². The summed E-state index contributed by atoms with van der Waals surface area (Å²) in [7, 11) is 1.97. The summed E-state index contributed by atoms with van der Waals surface area (Å²) in [5, 5.41) is 3.30. The molecule has 1 atom stereocenters. The zero-order valence-corrected chi connectivity index (χ0v) is 10.8. The first kappa shape index (κ1) is 10.9. The minimum atomic E-state index is 0.326. The number of furan rings is 1. The molecule has 2 aromatic rings. The molecular weight excluding hydrogens is 274 g/mol. The van der Waals surface area contributed by atoms with Crippen LogP contribution in [0.15, 0.2) is 38.7 Å². The standard InChI is InChI=1S/C11H12BrNOS/c1-13-9(7-8-3-2-6-14-8)10-4-5-11(12)15-10/h2-6,9,13H,7H2,1H3. The number of rotatable bonds is 4. The number of likely N-dealkylation sites (N-methyl/N-ethyl adjacent to an activating group) is 1. The number of nitrogens with one attached hydrogen (secondary N) is 1. The maximum Gasteiger partial charge on any atom is 0.105 e. The summed E-state index contributed by atoms with van der Waals surface area (Å²) < 4.78 is 6.51. The molecule has 0 amide bonds. The molecule has 0 spiro atoms. The third-order valence-corrected chi connectivity index (χ3v) is 4.01. The third-order valence-electron chi connectivity index (χ3n) is 2.27. The predicted octanol–water partition coefficient (Wildman–Crippen LogP) is 3.61. The Labute approximate surface area is 101 Å². The summed E-state index contributed by atoms with van der Waals surface area (Å²) in [6.07, 6.45) is 2.60. The molecule has 0 aromatic carbocycles. The van der Waals surface area contributed by atoms with E-state index in [1.165, 1.54) is 4.88 Å². The molecule has 15 heavy (non-hydrogen) atoms. The highest BCUT2D eigenvalue weighted by molar-refractivity contribution is 9.11. The Morgan fingerprint density at radius 3 is 2.87 bits per heavy atom. The molecule has 0 radical (unpaired) electrons. The molecule has 2 heterocycles. The Kier molecular flexibility index (Phi) is 3.61. The van der Waals surface area contributed by atoms with E-state index in [9.17, 15) is 0 Å². The van der Waals surface area contributed by atoms with Crippen LogP contribution in [0.25, 0.3) is 0 Å². The molecule has 0 saturated carbocycles. The highest BCUT2D eigenvalue weighted by Gasteiger charge is 2.13. The van der Waals surface area contributed by atoms with E-state index in [4.69, 9.17) is 4.42 Å². The normalized spacial score (nSPS) is 12.9. The zero-order chi connectivity index (χ0) is 10.7. The molecule has 0 aliphatic rings. The van der Waals surface area contributed by atoms with Gasteiger partial charge in [-0.15, -0.1) is 11.3 Å². The van der Waals surface area contributed by atoms with E-state index in [0.717, 1.165) is 16.0 Å². The van der Waals surface area contributed by atoms with E-state index < -0.39 is 0 Å². The minimum Gasteiger partial charge on any atom is -0.469 e. The monoisotopic (exact) mass is 285 g/mol. The van der Waals surface area contributed by atoms with E-state index in [2.05, 4.69) is 33.4 Å². The van der Waals surface area contributed by atoms with Crippen molar-refractivity contribution < 1.29 is 4.42 Å². The van der Waals surface area contributed by atoms with Gasteiger partial charge in [0.25, 0.3) is 0 Å². The Hall–Kier alpha value is -0.580. The largest absolute Gasteiger partial charge is 0.469 e. The van der Waals surface area contributed by atoms with E-state index in [1.54, 1.807) is 17.6 Å². The lowest BCUT2D eigenvalue weighted by Crippen LogP contribution is -2.17. The van der Waals surface area contributed by atoms with Crippen LogP contribution in [0.5, 0.6) is 0 Å². The van der Waals surface area contributed by atoms with Gasteiger partial charge in [0.2, 0.25) is 0 Å². The highest BCUT2D eigenvalue weighted by Crippen LogP contribution is 2.29. The molecule has 80 valence electrons. The van der Waals surface area contributed by atoms with E-state index in [0.29, 0.717) is 6.04 Å². The Morgan fingerprint density at radius 2 is 2.33 bits per heavy atom. The van der Waals surface area contributed by atoms with Crippen LogP contribution in [-0.2, 0) is 6.42 Å².